The van der Waals surface area contributed by atoms with Crippen molar-refractivity contribution in [1.29, 1.82) is 0 Å². The van der Waals surface area contributed by atoms with E-state index in [1.54, 1.807) is 12.1 Å². The van der Waals surface area contributed by atoms with Crippen LogP contribution in [0.3, 0.4) is 0 Å². The van der Waals surface area contributed by atoms with Gasteiger partial charge in [-0.05, 0) is 30.5 Å². The van der Waals surface area contributed by atoms with Gasteiger partial charge in [0, 0.05) is 6.20 Å². The number of hydrogen-bond acceptors (Lipinski definition) is 6. The number of pyridine rings is 1. The third kappa shape index (κ3) is 6.97. The predicted octanol–water partition coefficient (Wildman–Crippen LogP) is 3.48. The summed E-state index contributed by atoms with van der Waals surface area (Å²) in [6, 6.07) is 12.9. The zero-order chi connectivity index (χ0) is 19.5. The molecule has 1 amide bonds. The van der Waals surface area contributed by atoms with Crippen LogP contribution in [0.1, 0.15) is 32.3 Å². The standard InChI is InChI=1S/C20H24N2O5/c1-3-16(4-2)26-18(23)13-22-20(24)27-19-17(11-8-12-21-19)25-14-15-9-6-5-7-10-15/h5-12,16H,3-4,13-14H2,1-2H3,(H,22,24). The first-order chi connectivity index (χ1) is 13.1. The molecule has 2 aromatic rings. The minimum atomic E-state index is -0.806. The van der Waals surface area contributed by atoms with E-state index in [-0.39, 0.29) is 18.5 Å². The Bertz CT molecular complexity index is 732. The van der Waals surface area contributed by atoms with Crippen LogP contribution in [0.5, 0.6) is 11.6 Å². The fourth-order valence-electron chi connectivity index (χ4n) is 2.25. The van der Waals surface area contributed by atoms with E-state index in [1.807, 2.05) is 44.2 Å². The Morgan fingerprint density at radius 2 is 1.81 bits per heavy atom. The van der Waals surface area contributed by atoms with Crippen molar-refractivity contribution in [2.75, 3.05) is 6.54 Å². The van der Waals surface area contributed by atoms with Crippen molar-refractivity contribution in [3.63, 3.8) is 0 Å². The van der Waals surface area contributed by atoms with E-state index in [9.17, 15) is 9.59 Å². The molecule has 0 bridgehead atoms. The smallest absolute Gasteiger partial charge is 0.414 e. The highest BCUT2D eigenvalue weighted by atomic mass is 16.6. The Hall–Kier alpha value is -3.09. The summed E-state index contributed by atoms with van der Waals surface area (Å²) in [5.41, 5.74) is 0.973. The van der Waals surface area contributed by atoms with Crippen LogP contribution in [0.4, 0.5) is 4.79 Å². The molecule has 0 aliphatic rings. The van der Waals surface area contributed by atoms with Gasteiger partial charge >= 0.3 is 12.1 Å². The average Bonchev–Trinajstić information content (AvgIpc) is 2.70. The van der Waals surface area contributed by atoms with Gasteiger partial charge in [0.25, 0.3) is 5.88 Å². The Balaban J connectivity index is 1.85. The number of nitrogens with one attached hydrogen (secondary N) is 1. The molecule has 27 heavy (non-hydrogen) atoms. The number of nitrogens with zero attached hydrogens (tertiary/aromatic N) is 1. The first kappa shape index (κ1) is 20.2. The zero-order valence-corrected chi connectivity index (χ0v) is 15.5. The van der Waals surface area contributed by atoms with Crippen molar-refractivity contribution in [3.05, 3.63) is 54.2 Å². The Labute approximate surface area is 158 Å². The lowest BCUT2D eigenvalue weighted by atomic mass is 10.2. The predicted molar refractivity (Wildman–Crippen MR) is 99.5 cm³/mol. The van der Waals surface area contributed by atoms with Crippen LogP contribution in [0.2, 0.25) is 0 Å². The number of benzene rings is 1. The highest BCUT2D eigenvalue weighted by Crippen LogP contribution is 2.24. The topological polar surface area (TPSA) is 86.8 Å². The molecule has 1 heterocycles. The maximum absolute atomic E-state index is 11.9. The van der Waals surface area contributed by atoms with Crippen molar-refractivity contribution in [2.45, 2.75) is 39.4 Å². The molecule has 0 spiro atoms. The summed E-state index contributed by atoms with van der Waals surface area (Å²) >= 11 is 0. The van der Waals surface area contributed by atoms with Gasteiger partial charge in [-0.2, -0.15) is 0 Å². The van der Waals surface area contributed by atoms with Crippen LogP contribution in [0.25, 0.3) is 0 Å². The van der Waals surface area contributed by atoms with E-state index < -0.39 is 12.1 Å². The lowest BCUT2D eigenvalue weighted by Gasteiger charge is -2.14. The van der Waals surface area contributed by atoms with Crippen molar-refractivity contribution in [2.24, 2.45) is 0 Å². The molecule has 0 unspecified atom stereocenters. The van der Waals surface area contributed by atoms with Crippen LogP contribution in [0.15, 0.2) is 48.7 Å². The second kappa shape index (κ2) is 10.8. The normalized spacial score (nSPS) is 10.3. The number of amides is 1. The van der Waals surface area contributed by atoms with Gasteiger partial charge < -0.3 is 19.5 Å². The van der Waals surface area contributed by atoms with Gasteiger partial charge in [-0.1, -0.05) is 44.2 Å². The SMILES string of the molecule is CCC(CC)OC(=O)CNC(=O)Oc1ncccc1OCc1ccccc1. The summed E-state index contributed by atoms with van der Waals surface area (Å²) in [6.45, 7) is 3.90. The molecule has 0 atom stereocenters. The van der Waals surface area contributed by atoms with Crippen molar-refractivity contribution < 1.29 is 23.8 Å². The Morgan fingerprint density at radius 3 is 2.52 bits per heavy atom. The molecule has 0 aliphatic heterocycles. The van der Waals surface area contributed by atoms with Crippen molar-refractivity contribution >= 4 is 12.1 Å². The van der Waals surface area contributed by atoms with Crippen molar-refractivity contribution in [3.8, 4) is 11.6 Å². The second-order valence-electron chi connectivity index (χ2n) is 5.75. The Morgan fingerprint density at radius 1 is 1.07 bits per heavy atom. The lowest BCUT2D eigenvalue weighted by Crippen LogP contribution is -2.34. The molecule has 144 valence electrons. The van der Waals surface area contributed by atoms with Crippen LogP contribution < -0.4 is 14.8 Å². The number of ether oxygens (including phenoxy) is 3. The van der Waals surface area contributed by atoms with Crippen molar-refractivity contribution in [1.82, 2.24) is 10.3 Å². The summed E-state index contributed by atoms with van der Waals surface area (Å²) in [6.07, 6.45) is 1.98. The zero-order valence-electron chi connectivity index (χ0n) is 15.5. The van der Waals surface area contributed by atoms with E-state index in [2.05, 4.69) is 10.3 Å². The second-order valence-corrected chi connectivity index (χ2v) is 5.75. The number of hydrogen-bond donors (Lipinski definition) is 1. The number of carbonyl (C=O) groups excluding carboxylic acids is 2. The number of rotatable bonds is 9. The molecule has 0 saturated heterocycles. The number of esters is 1. The monoisotopic (exact) mass is 372 g/mol. The van der Waals surface area contributed by atoms with Gasteiger partial charge in [-0.25, -0.2) is 9.78 Å². The summed E-state index contributed by atoms with van der Waals surface area (Å²) in [5, 5.41) is 2.35. The highest BCUT2D eigenvalue weighted by molar-refractivity contribution is 5.79. The van der Waals surface area contributed by atoms with Gasteiger partial charge in [0.2, 0.25) is 0 Å². The Kier molecular flexibility index (Phi) is 8.09. The van der Waals surface area contributed by atoms with E-state index in [1.165, 1.54) is 6.20 Å². The fourth-order valence-corrected chi connectivity index (χ4v) is 2.25. The van der Waals surface area contributed by atoms with Gasteiger partial charge in [0.15, 0.2) is 5.75 Å². The quantitative estimate of drug-likeness (QED) is 0.678. The molecule has 1 aromatic carbocycles. The molecule has 1 N–H and O–H groups in total. The lowest BCUT2D eigenvalue weighted by molar-refractivity contribution is -0.148. The highest BCUT2D eigenvalue weighted by Gasteiger charge is 2.15. The summed E-state index contributed by atoms with van der Waals surface area (Å²) in [5.74, 6) is -0.155. The third-order valence-corrected chi connectivity index (χ3v) is 3.75. The summed E-state index contributed by atoms with van der Waals surface area (Å²) in [4.78, 5) is 27.7. The van der Waals surface area contributed by atoms with Crippen LogP contribution in [-0.4, -0.2) is 29.7 Å². The third-order valence-electron chi connectivity index (χ3n) is 3.75. The van der Waals surface area contributed by atoms with E-state index in [4.69, 9.17) is 14.2 Å². The molecule has 0 saturated carbocycles. The first-order valence-electron chi connectivity index (χ1n) is 8.89. The molecular formula is C20H24N2O5. The summed E-state index contributed by atoms with van der Waals surface area (Å²) < 4.78 is 16.0. The first-order valence-corrected chi connectivity index (χ1v) is 8.89. The molecule has 7 nitrogen and oxygen atoms in total. The summed E-state index contributed by atoms with van der Waals surface area (Å²) in [7, 11) is 0. The van der Waals surface area contributed by atoms with Gasteiger partial charge in [0.05, 0.1) is 0 Å². The van der Waals surface area contributed by atoms with E-state index in [0.717, 1.165) is 18.4 Å². The number of aromatic nitrogens is 1. The fraction of sp³-hybridized carbons (Fsp3) is 0.350. The number of carbonyl (C=O) groups is 2. The molecular weight excluding hydrogens is 348 g/mol. The largest absolute Gasteiger partial charge is 0.483 e. The van der Waals surface area contributed by atoms with E-state index in [0.29, 0.717) is 12.4 Å². The molecule has 1 aromatic heterocycles. The van der Waals surface area contributed by atoms with Gasteiger partial charge in [-0.3, -0.25) is 4.79 Å². The van der Waals surface area contributed by atoms with E-state index >= 15 is 0 Å². The maximum atomic E-state index is 11.9. The maximum Gasteiger partial charge on any atom is 0.414 e. The molecule has 2 rings (SSSR count). The minimum absolute atomic E-state index is 0.0271. The minimum Gasteiger partial charge on any atom is -0.483 e. The molecule has 7 heteroatoms. The average molecular weight is 372 g/mol. The molecule has 0 aliphatic carbocycles. The van der Waals surface area contributed by atoms with Gasteiger partial charge in [0.1, 0.15) is 19.3 Å². The van der Waals surface area contributed by atoms with Crippen LogP contribution in [0, 0.1) is 0 Å². The van der Waals surface area contributed by atoms with Gasteiger partial charge in [-0.15, -0.1) is 0 Å². The van der Waals surface area contributed by atoms with Crippen LogP contribution in [-0.2, 0) is 16.1 Å². The van der Waals surface area contributed by atoms with Crippen LogP contribution >= 0.6 is 0 Å². The molecule has 0 radical (unpaired) electrons. The molecule has 0 fully saturated rings.